The van der Waals surface area contributed by atoms with Crippen LogP contribution in [0.5, 0.6) is 0 Å². The second-order valence-electron chi connectivity index (χ2n) is 11.3. The van der Waals surface area contributed by atoms with Crippen molar-refractivity contribution in [2.45, 2.75) is 71.1 Å². The summed E-state index contributed by atoms with van der Waals surface area (Å²) in [6.07, 6.45) is -1.06. The van der Waals surface area contributed by atoms with Gasteiger partial charge in [0.2, 0.25) is 0 Å². The fraction of sp³-hybridized carbons (Fsp3) is 0.438. The normalized spacial score (nSPS) is 18.3. The molecule has 220 valence electrons. The first-order valence-electron chi connectivity index (χ1n) is 13.9. The van der Waals surface area contributed by atoms with E-state index in [-0.39, 0.29) is 23.7 Å². The number of nitrogens with zero attached hydrogens (tertiary/aromatic N) is 3. The topological polar surface area (TPSA) is 65.9 Å². The summed E-state index contributed by atoms with van der Waals surface area (Å²) in [5.74, 6) is -0.208. The van der Waals surface area contributed by atoms with Gasteiger partial charge in [-0.15, -0.1) is 0 Å². The fourth-order valence-corrected chi connectivity index (χ4v) is 5.27. The maximum absolute atomic E-state index is 13.2. The van der Waals surface area contributed by atoms with Crippen molar-refractivity contribution in [3.05, 3.63) is 89.2 Å². The number of aliphatic hydroxyl groups is 1. The number of esters is 1. The highest BCUT2D eigenvalue weighted by Crippen LogP contribution is 2.39. The Morgan fingerprint density at radius 1 is 1.02 bits per heavy atom. The number of carbonyl (C=O) groups excluding carboxylic acids is 1. The molecule has 2 aromatic carbocycles. The number of piperazine rings is 1. The lowest BCUT2D eigenvalue weighted by Crippen LogP contribution is -2.53. The average molecular weight is 570 g/mol. The molecule has 2 heterocycles. The van der Waals surface area contributed by atoms with E-state index in [1.54, 1.807) is 24.5 Å². The lowest BCUT2D eigenvalue weighted by atomic mass is 9.92. The maximum atomic E-state index is 13.2. The van der Waals surface area contributed by atoms with Crippen molar-refractivity contribution in [3.8, 4) is 11.1 Å². The highest BCUT2D eigenvalue weighted by atomic mass is 19.4. The summed E-state index contributed by atoms with van der Waals surface area (Å²) >= 11 is 0. The third kappa shape index (κ3) is 7.72. The number of alkyl halides is 3. The molecule has 1 N–H and O–H groups in total. The zero-order valence-corrected chi connectivity index (χ0v) is 24.0. The molecule has 0 saturated carbocycles. The van der Waals surface area contributed by atoms with E-state index in [9.17, 15) is 23.1 Å². The van der Waals surface area contributed by atoms with Gasteiger partial charge in [0, 0.05) is 51.2 Å². The monoisotopic (exact) mass is 569 g/mol. The van der Waals surface area contributed by atoms with E-state index in [2.05, 4.69) is 20.9 Å². The van der Waals surface area contributed by atoms with Crippen molar-refractivity contribution in [1.82, 2.24) is 14.8 Å². The second kappa shape index (κ2) is 12.7. The minimum Gasteiger partial charge on any atom is -0.463 e. The Labute approximate surface area is 239 Å². The molecule has 6 nitrogen and oxygen atoms in total. The molecule has 2 atom stereocenters. The molecule has 1 aliphatic rings. The van der Waals surface area contributed by atoms with Crippen LogP contribution in [0.15, 0.2) is 67.0 Å². The number of benzene rings is 2. The van der Waals surface area contributed by atoms with Gasteiger partial charge in [-0.1, -0.05) is 42.5 Å². The Morgan fingerprint density at radius 3 is 2.32 bits per heavy atom. The number of rotatable bonds is 9. The van der Waals surface area contributed by atoms with Crippen LogP contribution in [0.1, 0.15) is 49.4 Å². The highest BCUT2D eigenvalue weighted by molar-refractivity contribution is 5.70. The number of hydrogen-bond donors (Lipinski definition) is 1. The van der Waals surface area contributed by atoms with Crippen LogP contribution in [-0.2, 0) is 28.2 Å². The Bertz CT molecular complexity index is 1310. The van der Waals surface area contributed by atoms with Gasteiger partial charge in [0.1, 0.15) is 0 Å². The van der Waals surface area contributed by atoms with Gasteiger partial charge in [-0.2, -0.15) is 13.2 Å². The third-order valence-electron chi connectivity index (χ3n) is 7.60. The van der Waals surface area contributed by atoms with Crippen LogP contribution < -0.4 is 0 Å². The van der Waals surface area contributed by atoms with Gasteiger partial charge in [-0.3, -0.25) is 19.6 Å². The zero-order valence-electron chi connectivity index (χ0n) is 24.0. The van der Waals surface area contributed by atoms with Gasteiger partial charge < -0.3 is 9.84 Å². The van der Waals surface area contributed by atoms with E-state index < -0.39 is 11.8 Å². The molecule has 0 aliphatic carbocycles. The molecular formula is C32H38F3N3O3. The van der Waals surface area contributed by atoms with Crippen LogP contribution >= 0.6 is 0 Å². The molecule has 1 aromatic heterocycles. The van der Waals surface area contributed by atoms with E-state index in [0.717, 1.165) is 55.4 Å². The van der Waals surface area contributed by atoms with Crippen LogP contribution in [0.4, 0.5) is 13.2 Å². The smallest absolute Gasteiger partial charge is 0.421 e. The Kier molecular flexibility index (Phi) is 9.51. The molecule has 1 aliphatic heterocycles. The predicted molar refractivity (Wildman–Crippen MR) is 152 cm³/mol. The fourth-order valence-electron chi connectivity index (χ4n) is 5.27. The number of carbonyl (C=O) groups is 1. The quantitative estimate of drug-likeness (QED) is 0.326. The summed E-state index contributed by atoms with van der Waals surface area (Å²) in [7, 11) is 0. The second-order valence-corrected chi connectivity index (χ2v) is 11.3. The molecule has 1 unspecified atom stereocenters. The molecule has 4 rings (SSSR count). The van der Waals surface area contributed by atoms with Gasteiger partial charge in [-0.25, -0.2) is 0 Å². The standard InChI is InChI=1S/C32H38F3N3O3/c1-22(2)41-30(39)18-28-21-37(19-24-11-13-36-14-12-24)15-16-38(28)20-25-5-10-29(23(3)17-25)26-6-8-27(9-7-26)31(4,40)32(33,34)35/h5-14,17,22,28,40H,15-16,18-21H2,1-4H3/t28-,31?/m1/s1. The summed E-state index contributed by atoms with van der Waals surface area (Å²) in [6.45, 7) is 10.3. The van der Waals surface area contributed by atoms with E-state index in [1.165, 1.54) is 17.7 Å². The zero-order chi connectivity index (χ0) is 29.8. The molecule has 1 saturated heterocycles. The largest absolute Gasteiger partial charge is 0.463 e. The molecular weight excluding hydrogens is 531 g/mol. The van der Waals surface area contributed by atoms with E-state index in [1.807, 2.05) is 45.0 Å². The number of pyridine rings is 1. The molecule has 0 bridgehead atoms. The molecule has 3 aromatic rings. The summed E-state index contributed by atoms with van der Waals surface area (Å²) in [6, 6.07) is 15.9. The van der Waals surface area contributed by atoms with Crippen molar-refractivity contribution < 1.29 is 27.8 Å². The molecule has 0 radical (unpaired) electrons. The molecule has 1 fully saturated rings. The Hall–Kier alpha value is -3.27. The summed E-state index contributed by atoms with van der Waals surface area (Å²) in [5, 5.41) is 9.98. The van der Waals surface area contributed by atoms with Crippen LogP contribution in [0.3, 0.4) is 0 Å². The number of halogens is 3. The van der Waals surface area contributed by atoms with E-state index in [0.29, 0.717) is 13.0 Å². The van der Waals surface area contributed by atoms with Crippen molar-refractivity contribution in [2.75, 3.05) is 19.6 Å². The lowest BCUT2D eigenvalue weighted by molar-refractivity contribution is -0.258. The lowest BCUT2D eigenvalue weighted by Gasteiger charge is -2.41. The number of aryl methyl sites for hydroxylation is 1. The van der Waals surface area contributed by atoms with Crippen molar-refractivity contribution >= 4 is 5.97 Å². The van der Waals surface area contributed by atoms with Crippen LogP contribution in [-0.4, -0.2) is 63.8 Å². The average Bonchev–Trinajstić information content (AvgIpc) is 2.90. The van der Waals surface area contributed by atoms with Gasteiger partial charge in [-0.05, 0) is 73.2 Å². The highest BCUT2D eigenvalue weighted by Gasteiger charge is 2.51. The molecule has 41 heavy (non-hydrogen) atoms. The first-order valence-corrected chi connectivity index (χ1v) is 13.9. The van der Waals surface area contributed by atoms with Gasteiger partial charge in [0.15, 0.2) is 5.60 Å². The van der Waals surface area contributed by atoms with Crippen molar-refractivity contribution in [3.63, 3.8) is 0 Å². The van der Waals surface area contributed by atoms with Crippen molar-refractivity contribution in [1.29, 1.82) is 0 Å². The maximum Gasteiger partial charge on any atom is 0.421 e. The summed E-state index contributed by atoms with van der Waals surface area (Å²) in [4.78, 5) is 21.4. The molecule has 0 spiro atoms. The molecule has 9 heteroatoms. The Morgan fingerprint density at radius 2 is 1.71 bits per heavy atom. The van der Waals surface area contributed by atoms with Crippen LogP contribution in [0, 0.1) is 6.92 Å². The first-order chi connectivity index (χ1) is 19.3. The van der Waals surface area contributed by atoms with E-state index >= 15 is 0 Å². The van der Waals surface area contributed by atoms with Crippen LogP contribution in [0.25, 0.3) is 11.1 Å². The Balaban J connectivity index is 1.48. The number of aromatic nitrogens is 1. The SMILES string of the molecule is Cc1cc(CN2CCN(Cc3ccncc3)C[C@H]2CC(=O)OC(C)C)ccc1-c1ccc(C(C)(O)C(F)(F)F)cc1. The summed E-state index contributed by atoms with van der Waals surface area (Å²) in [5.41, 5.74) is 1.83. The van der Waals surface area contributed by atoms with Gasteiger partial charge in [0.25, 0.3) is 0 Å². The third-order valence-corrected chi connectivity index (χ3v) is 7.60. The predicted octanol–water partition coefficient (Wildman–Crippen LogP) is 5.85. The summed E-state index contributed by atoms with van der Waals surface area (Å²) < 4.78 is 45.2. The van der Waals surface area contributed by atoms with Crippen LogP contribution in [0.2, 0.25) is 0 Å². The van der Waals surface area contributed by atoms with Crippen molar-refractivity contribution in [2.24, 2.45) is 0 Å². The van der Waals surface area contributed by atoms with Gasteiger partial charge in [0.05, 0.1) is 12.5 Å². The number of ether oxygens (including phenoxy) is 1. The number of hydrogen-bond acceptors (Lipinski definition) is 6. The minimum absolute atomic E-state index is 0.00853. The minimum atomic E-state index is -4.76. The first kappa shape index (κ1) is 30.7. The molecule has 0 amide bonds. The van der Waals surface area contributed by atoms with E-state index in [4.69, 9.17) is 4.74 Å². The van der Waals surface area contributed by atoms with Gasteiger partial charge >= 0.3 is 12.1 Å².